The van der Waals surface area contributed by atoms with Crippen LogP contribution in [0.3, 0.4) is 0 Å². The minimum atomic E-state index is -0.225. The number of nitrogens with one attached hydrogen (secondary N) is 1. The maximum atomic E-state index is 12.7. The summed E-state index contributed by atoms with van der Waals surface area (Å²) in [6, 6.07) is 5.75. The molecule has 3 rings (SSSR count). The van der Waals surface area contributed by atoms with E-state index in [-0.39, 0.29) is 23.9 Å². The first-order chi connectivity index (χ1) is 11.1. The van der Waals surface area contributed by atoms with Crippen LogP contribution >= 0.6 is 0 Å². The van der Waals surface area contributed by atoms with Crippen LogP contribution < -0.4 is 5.56 Å². The van der Waals surface area contributed by atoms with Gasteiger partial charge in [-0.1, -0.05) is 6.07 Å². The molecule has 0 aliphatic carbocycles. The number of carbonyl (C=O) groups is 1. The van der Waals surface area contributed by atoms with Crippen LogP contribution in [0.5, 0.6) is 0 Å². The van der Waals surface area contributed by atoms with E-state index in [1.807, 2.05) is 23.1 Å². The summed E-state index contributed by atoms with van der Waals surface area (Å²) in [4.78, 5) is 37.9. The highest BCUT2D eigenvalue weighted by atomic mass is 16.2. The molecule has 1 atom stereocenters. The van der Waals surface area contributed by atoms with Crippen LogP contribution in [0.2, 0.25) is 0 Å². The molecule has 2 aromatic heterocycles. The Hall–Kier alpha value is -2.50. The molecule has 0 radical (unpaired) electrons. The van der Waals surface area contributed by atoms with Gasteiger partial charge in [0.05, 0.1) is 18.2 Å². The average molecular weight is 312 g/mol. The van der Waals surface area contributed by atoms with E-state index < -0.39 is 0 Å². The summed E-state index contributed by atoms with van der Waals surface area (Å²) >= 11 is 0. The molecule has 1 amide bonds. The summed E-state index contributed by atoms with van der Waals surface area (Å²) in [5.74, 6) is 0.522. The monoisotopic (exact) mass is 312 g/mol. The zero-order valence-electron chi connectivity index (χ0n) is 13.4. The standard InChI is InChI=1S/C17H20N4O2/c1-11-13(17(23)20-12(2)19-11)10-16(22)21-9-5-7-15(21)14-6-3-4-8-18-14/h3-4,6,8,15H,5,7,9-10H2,1-2H3,(H,19,20,23). The Morgan fingerprint density at radius 2 is 2.22 bits per heavy atom. The van der Waals surface area contributed by atoms with E-state index >= 15 is 0 Å². The molecule has 2 aromatic rings. The third-order valence-corrected chi connectivity index (χ3v) is 4.27. The Kier molecular flexibility index (Phi) is 4.23. The van der Waals surface area contributed by atoms with E-state index in [2.05, 4.69) is 15.0 Å². The molecule has 3 heterocycles. The molecule has 1 N–H and O–H groups in total. The quantitative estimate of drug-likeness (QED) is 0.935. The minimum absolute atomic E-state index is 0.00138. The number of carbonyl (C=O) groups excluding carboxylic acids is 1. The largest absolute Gasteiger partial charge is 0.334 e. The number of amides is 1. The predicted molar refractivity (Wildman–Crippen MR) is 86.0 cm³/mol. The van der Waals surface area contributed by atoms with Crippen molar-refractivity contribution < 1.29 is 4.79 Å². The molecular weight excluding hydrogens is 292 g/mol. The van der Waals surface area contributed by atoms with Gasteiger partial charge in [-0.3, -0.25) is 14.6 Å². The van der Waals surface area contributed by atoms with Crippen LogP contribution in [0.1, 0.15) is 41.7 Å². The fraction of sp³-hybridized carbons (Fsp3) is 0.412. The van der Waals surface area contributed by atoms with Gasteiger partial charge >= 0.3 is 0 Å². The lowest BCUT2D eigenvalue weighted by atomic mass is 10.1. The molecule has 6 nitrogen and oxygen atoms in total. The number of hydrogen-bond acceptors (Lipinski definition) is 4. The Morgan fingerprint density at radius 1 is 1.39 bits per heavy atom. The number of aromatic amines is 1. The Morgan fingerprint density at radius 3 is 2.91 bits per heavy atom. The first kappa shape index (κ1) is 15.4. The molecule has 120 valence electrons. The molecular formula is C17H20N4O2. The maximum absolute atomic E-state index is 12.7. The lowest BCUT2D eigenvalue weighted by molar-refractivity contribution is -0.131. The van der Waals surface area contributed by atoms with E-state index in [1.165, 1.54) is 0 Å². The SMILES string of the molecule is Cc1nc(C)c(CC(=O)N2CCCC2c2ccccn2)c(=O)[nH]1. The highest BCUT2D eigenvalue weighted by Crippen LogP contribution is 2.30. The van der Waals surface area contributed by atoms with Gasteiger partial charge in [0.2, 0.25) is 5.91 Å². The fourth-order valence-electron chi connectivity index (χ4n) is 3.16. The second kappa shape index (κ2) is 6.32. The molecule has 0 spiro atoms. The van der Waals surface area contributed by atoms with Crippen molar-refractivity contribution in [3.63, 3.8) is 0 Å². The van der Waals surface area contributed by atoms with Crippen LogP contribution in [0, 0.1) is 13.8 Å². The summed E-state index contributed by atoms with van der Waals surface area (Å²) in [5, 5.41) is 0. The second-order valence-electron chi connectivity index (χ2n) is 5.89. The number of rotatable bonds is 3. The van der Waals surface area contributed by atoms with Gasteiger partial charge in [0, 0.05) is 24.0 Å². The number of likely N-dealkylation sites (tertiary alicyclic amines) is 1. The van der Waals surface area contributed by atoms with Crippen molar-refractivity contribution in [2.45, 2.75) is 39.2 Å². The number of hydrogen-bond donors (Lipinski definition) is 1. The topological polar surface area (TPSA) is 79.0 Å². The lowest BCUT2D eigenvalue weighted by Crippen LogP contribution is -2.34. The number of pyridine rings is 1. The van der Waals surface area contributed by atoms with Gasteiger partial charge in [-0.05, 0) is 38.8 Å². The van der Waals surface area contributed by atoms with E-state index in [0.717, 1.165) is 18.5 Å². The molecule has 0 saturated carbocycles. The van der Waals surface area contributed by atoms with Gasteiger partial charge in [0.25, 0.3) is 5.56 Å². The van der Waals surface area contributed by atoms with Crippen LogP contribution in [-0.4, -0.2) is 32.3 Å². The summed E-state index contributed by atoms with van der Waals surface area (Å²) in [6.45, 7) is 4.21. The van der Waals surface area contributed by atoms with Gasteiger partial charge < -0.3 is 9.88 Å². The van der Waals surface area contributed by atoms with E-state index in [4.69, 9.17) is 0 Å². The summed E-state index contributed by atoms with van der Waals surface area (Å²) < 4.78 is 0. The Balaban J connectivity index is 1.82. The minimum Gasteiger partial charge on any atom is -0.334 e. The Labute approximate surface area is 134 Å². The first-order valence-electron chi connectivity index (χ1n) is 7.83. The third-order valence-electron chi connectivity index (χ3n) is 4.27. The van der Waals surface area contributed by atoms with Crippen molar-refractivity contribution in [3.05, 3.63) is 57.5 Å². The van der Waals surface area contributed by atoms with Crippen molar-refractivity contribution in [2.75, 3.05) is 6.54 Å². The molecule has 1 saturated heterocycles. The van der Waals surface area contributed by atoms with Crippen LogP contribution in [-0.2, 0) is 11.2 Å². The fourth-order valence-corrected chi connectivity index (χ4v) is 3.16. The van der Waals surface area contributed by atoms with Gasteiger partial charge in [0.1, 0.15) is 5.82 Å². The second-order valence-corrected chi connectivity index (χ2v) is 5.89. The maximum Gasteiger partial charge on any atom is 0.254 e. The summed E-state index contributed by atoms with van der Waals surface area (Å²) in [5.41, 5.74) is 1.75. The lowest BCUT2D eigenvalue weighted by Gasteiger charge is -2.24. The molecule has 1 aliphatic rings. The van der Waals surface area contributed by atoms with Crippen LogP contribution in [0.25, 0.3) is 0 Å². The first-order valence-corrected chi connectivity index (χ1v) is 7.83. The van der Waals surface area contributed by atoms with E-state index in [0.29, 0.717) is 23.6 Å². The zero-order chi connectivity index (χ0) is 16.4. The summed E-state index contributed by atoms with van der Waals surface area (Å²) in [6.07, 6.45) is 3.69. The predicted octanol–water partition coefficient (Wildman–Crippen LogP) is 1.69. The van der Waals surface area contributed by atoms with Crippen LogP contribution in [0.4, 0.5) is 0 Å². The molecule has 6 heteroatoms. The third kappa shape index (κ3) is 3.16. The molecule has 1 unspecified atom stereocenters. The van der Waals surface area contributed by atoms with Gasteiger partial charge in [-0.2, -0.15) is 0 Å². The van der Waals surface area contributed by atoms with Crippen LogP contribution in [0.15, 0.2) is 29.2 Å². The molecule has 0 aromatic carbocycles. The molecule has 1 fully saturated rings. The normalized spacial score (nSPS) is 17.5. The van der Waals surface area contributed by atoms with Crippen molar-refractivity contribution in [3.8, 4) is 0 Å². The summed E-state index contributed by atoms with van der Waals surface area (Å²) in [7, 11) is 0. The van der Waals surface area contributed by atoms with E-state index in [1.54, 1.807) is 20.0 Å². The number of aryl methyl sites for hydroxylation is 2. The average Bonchev–Trinajstić information content (AvgIpc) is 3.01. The zero-order valence-corrected chi connectivity index (χ0v) is 13.4. The van der Waals surface area contributed by atoms with Gasteiger partial charge in [-0.25, -0.2) is 4.98 Å². The smallest absolute Gasteiger partial charge is 0.254 e. The van der Waals surface area contributed by atoms with Gasteiger partial charge in [0.15, 0.2) is 0 Å². The van der Waals surface area contributed by atoms with E-state index in [9.17, 15) is 9.59 Å². The highest BCUT2D eigenvalue weighted by Gasteiger charge is 2.31. The van der Waals surface area contributed by atoms with Crippen molar-refractivity contribution >= 4 is 5.91 Å². The molecule has 23 heavy (non-hydrogen) atoms. The highest BCUT2D eigenvalue weighted by molar-refractivity contribution is 5.79. The number of aromatic nitrogens is 3. The van der Waals surface area contributed by atoms with Crippen molar-refractivity contribution in [2.24, 2.45) is 0 Å². The van der Waals surface area contributed by atoms with Gasteiger partial charge in [-0.15, -0.1) is 0 Å². The molecule has 1 aliphatic heterocycles. The number of nitrogens with zero attached hydrogens (tertiary/aromatic N) is 3. The number of H-pyrrole nitrogens is 1. The molecule has 0 bridgehead atoms. The van der Waals surface area contributed by atoms with Crippen molar-refractivity contribution in [1.82, 2.24) is 19.9 Å². The Bertz CT molecular complexity index is 770. The van der Waals surface area contributed by atoms with Crippen molar-refractivity contribution in [1.29, 1.82) is 0 Å².